The van der Waals surface area contributed by atoms with Crippen molar-refractivity contribution in [2.45, 2.75) is 5.41 Å². The number of benzene rings is 7. The minimum absolute atomic E-state index is 0.709. The molecule has 0 N–H and O–H groups in total. The Morgan fingerprint density at radius 1 is 0.462 bits per heavy atom. The molecule has 0 spiro atoms. The van der Waals surface area contributed by atoms with Crippen molar-refractivity contribution in [1.29, 1.82) is 0 Å². The molecular weight excluding hydrogens is 652 g/mol. The Bertz CT molecular complexity index is 2720. The number of para-hydroxylation sites is 2. The molecule has 0 aliphatic heterocycles. The monoisotopic (exact) mass is 684 g/mol. The molecule has 4 heteroatoms. The molecule has 0 saturated heterocycles. The lowest BCUT2D eigenvalue weighted by atomic mass is 9.69. The summed E-state index contributed by atoms with van der Waals surface area (Å²) in [6, 6.07) is 67.4. The van der Waals surface area contributed by atoms with Gasteiger partial charge in [0.1, 0.15) is 0 Å². The van der Waals surface area contributed by atoms with Gasteiger partial charge in [0.2, 0.25) is 0 Å². The van der Waals surface area contributed by atoms with Gasteiger partial charge in [0, 0.05) is 44.1 Å². The van der Waals surface area contributed by atoms with E-state index in [0.717, 1.165) is 49.5 Å². The molecule has 0 amide bonds. The zero-order valence-corrected chi connectivity index (χ0v) is 29.2. The highest BCUT2D eigenvalue weighted by molar-refractivity contribution is 7.85. The van der Waals surface area contributed by atoms with Crippen LogP contribution in [0.5, 0.6) is 0 Å². The number of hydrogen-bond donors (Lipinski definition) is 0. The van der Waals surface area contributed by atoms with Crippen molar-refractivity contribution in [2.75, 3.05) is 0 Å². The number of nitrogens with zero attached hydrogens (tertiary/aromatic N) is 2. The SMILES string of the molecule is O=P(c1ccccc1)(c1ccccc1)c1ccc(C2(c3ccc4c(c3)c3ccccc3n4-c3ccccc3)c3ccccc3-c3cccnc32)cc1. The first-order chi connectivity index (χ1) is 25.7. The highest BCUT2D eigenvalue weighted by atomic mass is 31.2. The third-order valence-corrected chi connectivity index (χ3v) is 13.9. The first-order valence-electron chi connectivity index (χ1n) is 17.7. The van der Waals surface area contributed by atoms with E-state index in [0.29, 0.717) is 0 Å². The zero-order chi connectivity index (χ0) is 34.7. The maximum absolute atomic E-state index is 15.4. The van der Waals surface area contributed by atoms with Gasteiger partial charge in [0.15, 0.2) is 7.14 Å². The van der Waals surface area contributed by atoms with E-state index < -0.39 is 12.6 Å². The normalized spacial score (nSPS) is 15.1. The van der Waals surface area contributed by atoms with Gasteiger partial charge in [-0.2, -0.15) is 0 Å². The summed E-state index contributed by atoms with van der Waals surface area (Å²) in [5.41, 5.74) is 9.48. The van der Waals surface area contributed by atoms with Crippen LogP contribution >= 0.6 is 7.14 Å². The summed E-state index contributed by atoms with van der Waals surface area (Å²) in [5, 5.41) is 4.84. The molecule has 0 radical (unpaired) electrons. The average molecular weight is 685 g/mol. The van der Waals surface area contributed by atoms with Gasteiger partial charge in [-0.1, -0.05) is 158 Å². The zero-order valence-electron chi connectivity index (χ0n) is 28.3. The number of rotatable bonds is 6. The molecule has 52 heavy (non-hydrogen) atoms. The van der Waals surface area contributed by atoms with Crippen molar-refractivity contribution in [1.82, 2.24) is 9.55 Å². The fraction of sp³-hybridized carbons (Fsp3) is 0.0208. The summed E-state index contributed by atoms with van der Waals surface area (Å²) in [4.78, 5) is 5.18. The van der Waals surface area contributed by atoms with Crippen LogP contribution in [0.15, 0.2) is 200 Å². The smallest absolute Gasteiger partial charge is 0.171 e. The first-order valence-corrected chi connectivity index (χ1v) is 19.4. The lowest BCUT2D eigenvalue weighted by Crippen LogP contribution is -2.30. The summed E-state index contributed by atoms with van der Waals surface area (Å²) in [6.07, 6.45) is 1.91. The van der Waals surface area contributed by atoms with Crippen LogP contribution in [-0.2, 0) is 9.98 Å². The quantitative estimate of drug-likeness (QED) is 0.164. The lowest BCUT2D eigenvalue weighted by Gasteiger charge is -2.33. The minimum atomic E-state index is -3.16. The van der Waals surface area contributed by atoms with Gasteiger partial charge in [0.05, 0.1) is 22.1 Å². The highest BCUT2D eigenvalue weighted by Crippen LogP contribution is 2.56. The summed E-state index contributed by atoms with van der Waals surface area (Å²) < 4.78 is 17.7. The Balaban J connectivity index is 1.25. The number of pyridine rings is 1. The minimum Gasteiger partial charge on any atom is -0.309 e. The molecule has 10 rings (SSSR count). The van der Waals surface area contributed by atoms with E-state index >= 15 is 4.57 Å². The molecular formula is C48H33N2OP. The van der Waals surface area contributed by atoms with Crippen molar-refractivity contribution in [2.24, 2.45) is 0 Å². The Hall–Kier alpha value is -6.28. The Morgan fingerprint density at radius 2 is 1.02 bits per heavy atom. The molecule has 1 unspecified atom stereocenters. The molecule has 1 atom stereocenters. The number of aromatic nitrogens is 2. The van der Waals surface area contributed by atoms with Gasteiger partial charge in [-0.15, -0.1) is 0 Å². The van der Waals surface area contributed by atoms with Crippen LogP contribution in [0.25, 0.3) is 38.6 Å². The fourth-order valence-corrected chi connectivity index (χ4v) is 11.2. The Morgan fingerprint density at radius 3 is 1.75 bits per heavy atom. The Labute approximate surface area is 302 Å². The van der Waals surface area contributed by atoms with Gasteiger partial charge >= 0.3 is 0 Å². The van der Waals surface area contributed by atoms with Crippen molar-refractivity contribution >= 4 is 44.9 Å². The molecule has 2 aromatic heterocycles. The molecule has 1 aliphatic rings. The molecule has 3 nitrogen and oxygen atoms in total. The molecule has 7 aromatic carbocycles. The Kier molecular flexibility index (Phi) is 6.99. The molecule has 9 aromatic rings. The molecule has 1 aliphatic carbocycles. The van der Waals surface area contributed by atoms with Crippen LogP contribution in [0, 0.1) is 0 Å². The van der Waals surface area contributed by atoms with E-state index in [2.05, 4.69) is 132 Å². The van der Waals surface area contributed by atoms with E-state index in [1.165, 1.54) is 27.4 Å². The van der Waals surface area contributed by atoms with Crippen LogP contribution in [0.3, 0.4) is 0 Å². The van der Waals surface area contributed by atoms with Crippen LogP contribution in [0.4, 0.5) is 0 Å². The van der Waals surface area contributed by atoms with E-state index in [1.54, 1.807) is 0 Å². The maximum Gasteiger partial charge on any atom is 0.171 e. The first kappa shape index (κ1) is 30.5. The predicted octanol–water partition coefficient (Wildman–Crippen LogP) is 10.2. The standard InChI is InChI=1S/C48H33N2OP/c51-52(37-17-6-2-7-18-37,38-19-8-3-9-20-38)39-29-26-34(27-30-39)48(44-24-12-10-21-40(44)42-23-14-32-49-47(42)48)35-28-31-46-43(33-35)41-22-11-13-25-45(41)50(46)36-15-4-1-5-16-36/h1-33H. The van der Waals surface area contributed by atoms with Gasteiger partial charge in [-0.3, -0.25) is 4.98 Å². The molecule has 0 bridgehead atoms. The van der Waals surface area contributed by atoms with Crippen molar-refractivity contribution in [3.05, 3.63) is 223 Å². The molecule has 0 saturated carbocycles. The van der Waals surface area contributed by atoms with E-state index in [9.17, 15) is 0 Å². The van der Waals surface area contributed by atoms with Crippen LogP contribution in [-0.4, -0.2) is 9.55 Å². The average Bonchev–Trinajstić information content (AvgIpc) is 3.72. The highest BCUT2D eigenvalue weighted by Gasteiger charge is 2.47. The summed E-state index contributed by atoms with van der Waals surface area (Å²) in [6.45, 7) is 0. The lowest BCUT2D eigenvalue weighted by molar-refractivity contribution is 0.592. The van der Waals surface area contributed by atoms with Crippen molar-refractivity contribution < 1.29 is 4.57 Å². The fourth-order valence-electron chi connectivity index (χ4n) is 8.55. The third kappa shape index (κ3) is 4.33. The molecule has 0 fully saturated rings. The van der Waals surface area contributed by atoms with Crippen LogP contribution in [0.2, 0.25) is 0 Å². The van der Waals surface area contributed by atoms with Crippen molar-refractivity contribution in [3.8, 4) is 16.8 Å². The van der Waals surface area contributed by atoms with E-state index in [4.69, 9.17) is 4.98 Å². The third-order valence-electron chi connectivity index (χ3n) is 10.8. The topological polar surface area (TPSA) is 34.9 Å². The second-order valence-electron chi connectivity index (χ2n) is 13.4. The summed E-state index contributed by atoms with van der Waals surface area (Å²) in [7, 11) is -3.16. The summed E-state index contributed by atoms with van der Waals surface area (Å²) in [5.74, 6) is 0. The second-order valence-corrected chi connectivity index (χ2v) is 16.2. The maximum atomic E-state index is 15.4. The predicted molar refractivity (Wildman–Crippen MR) is 215 cm³/mol. The molecule has 246 valence electrons. The largest absolute Gasteiger partial charge is 0.309 e. The summed E-state index contributed by atoms with van der Waals surface area (Å²) >= 11 is 0. The number of hydrogen-bond acceptors (Lipinski definition) is 2. The number of fused-ring (bicyclic) bond motifs is 6. The second kappa shape index (κ2) is 11.9. The van der Waals surface area contributed by atoms with E-state index in [1.807, 2.05) is 72.9 Å². The van der Waals surface area contributed by atoms with E-state index in [-0.39, 0.29) is 0 Å². The molecule has 2 heterocycles. The van der Waals surface area contributed by atoms with Gasteiger partial charge in [0.25, 0.3) is 0 Å². The van der Waals surface area contributed by atoms with Crippen LogP contribution < -0.4 is 15.9 Å². The van der Waals surface area contributed by atoms with Gasteiger partial charge < -0.3 is 9.13 Å². The van der Waals surface area contributed by atoms with Gasteiger partial charge in [-0.05, 0) is 58.7 Å². The van der Waals surface area contributed by atoms with Crippen molar-refractivity contribution in [3.63, 3.8) is 0 Å². The van der Waals surface area contributed by atoms with Crippen LogP contribution in [0.1, 0.15) is 22.4 Å². The van der Waals surface area contributed by atoms with Gasteiger partial charge in [-0.25, -0.2) is 0 Å².